The van der Waals surface area contributed by atoms with Crippen LogP contribution < -0.4 is 0 Å². The van der Waals surface area contributed by atoms with E-state index in [9.17, 15) is 9.59 Å². The van der Waals surface area contributed by atoms with E-state index >= 15 is 0 Å². The monoisotopic (exact) mass is 224 g/mol. The molecule has 0 aliphatic rings. The molecule has 0 amide bonds. The molecule has 0 heterocycles. The van der Waals surface area contributed by atoms with Crippen LogP contribution >= 0.6 is 0 Å². The largest absolute Gasteiger partial charge is 0.513 e. The minimum Gasteiger partial charge on any atom is -0.513 e. The molecular formula is C11H12O5. The first-order valence-corrected chi connectivity index (χ1v) is 4.25. The number of allylic oxidation sites excluding steroid dienone is 1. The second-order valence-electron chi connectivity index (χ2n) is 2.92. The second-order valence-corrected chi connectivity index (χ2v) is 2.92. The summed E-state index contributed by atoms with van der Waals surface area (Å²) in [5.74, 6) is -1.96. The molecule has 5 nitrogen and oxygen atoms in total. The number of aromatic carboxylic acids is 2. The number of aliphatic hydroxyl groups excluding tert-OH is 1. The first-order chi connectivity index (χ1) is 7.34. The fourth-order valence-electron chi connectivity index (χ4n) is 0.755. The summed E-state index contributed by atoms with van der Waals surface area (Å²) in [5.41, 5.74) is 0.167. The number of carbonyl (C=O) groups is 2. The van der Waals surface area contributed by atoms with Gasteiger partial charge in [0.15, 0.2) is 0 Å². The van der Waals surface area contributed by atoms with Gasteiger partial charge in [0.1, 0.15) is 0 Å². The van der Waals surface area contributed by atoms with Crippen LogP contribution in [0.2, 0.25) is 0 Å². The summed E-state index contributed by atoms with van der Waals surface area (Å²) in [6.07, 6.45) is 0. The molecule has 0 aromatic heterocycles. The molecule has 5 heteroatoms. The number of benzene rings is 1. The highest BCUT2D eigenvalue weighted by Gasteiger charge is 2.04. The van der Waals surface area contributed by atoms with Crippen LogP contribution in [0.5, 0.6) is 0 Å². The molecule has 16 heavy (non-hydrogen) atoms. The van der Waals surface area contributed by atoms with Gasteiger partial charge in [-0.15, -0.1) is 0 Å². The zero-order chi connectivity index (χ0) is 12.7. The SMILES string of the molecule is C=C(C)O.O=C(O)c1ccc(C(=O)O)cc1. The van der Waals surface area contributed by atoms with E-state index in [0.29, 0.717) is 0 Å². The fourth-order valence-corrected chi connectivity index (χ4v) is 0.755. The molecule has 1 aromatic rings. The van der Waals surface area contributed by atoms with Crippen LogP contribution in [0.25, 0.3) is 0 Å². The highest BCUT2D eigenvalue weighted by atomic mass is 16.4. The minimum atomic E-state index is -1.06. The standard InChI is InChI=1S/C8H6O4.C3H6O/c9-7(10)5-1-2-6(4-3-5)8(11)12;1-3(2)4/h1-4H,(H,9,10)(H,11,12);4H,1H2,2H3. The normalized spacial score (nSPS) is 8.56. The fraction of sp³-hybridized carbons (Fsp3) is 0.0909. The Labute approximate surface area is 92.3 Å². The molecular weight excluding hydrogens is 212 g/mol. The van der Waals surface area contributed by atoms with Crippen molar-refractivity contribution >= 4 is 11.9 Å². The van der Waals surface area contributed by atoms with E-state index in [-0.39, 0.29) is 16.9 Å². The second kappa shape index (κ2) is 6.23. The van der Waals surface area contributed by atoms with Crippen molar-refractivity contribution < 1.29 is 24.9 Å². The predicted molar refractivity (Wildman–Crippen MR) is 57.8 cm³/mol. The summed E-state index contributed by atoms with van der Waals surface area (Å²) < 4.78 is 0. The number of rotatable bonds is 2. The van der Waals surface area contributed by atoms with Gasteiger partial charge < -0.3 is 15.3 Å². The highest BCUT2D eigenvalue weighted by molar-refractivity contribution is 5.91. The third-order valence-electron chi connectivity index (χ3n) is 1.38. The molecule has 0 unspecified atom stereocenters. The van der Waals surface area contributed by atoms with Crippen LogP contribution in [-0.2, 0) is 0 Å². The molecule has 0 aliphatic heterocycles. The summed E-state index contributed by atoms with van der Waals surface area (Å²) in [5, 5.41) is 24.8. The maximum absolute atomic E-state index is 10.3. The number of aliphatic hydroxyl groups is 1. The molecule has 0 radical (unpaired) electrons. The lowest BCUT2D eigenvalue weighted by Gasteiger charge is -1.94. The topological polar surface area (TPSA) is 94.8 Å². The first-order valence-electron chi connectivity index (χ1n) is 4.25. The third kappa shape index (κ3) is 5.43. The van der Waals surface area contributed by atoms with Gasteiger partial charge in [-0.25, -0.2) is 9.59 Å². The van der Waals surface area contributed by atoms with Crippen LogP contribution in [0.3, 0.4) is 0 Å². The lowest BCUT2D eigenvalue weighted by Crippen LogP contribution is -1.99. The Morgan fingerprint density at radius 1 is 0.938 bits per heavy atom. The van der Waals surface area contributed by atoms with Crippen molar-refractivity contribution in [2.75, 3.05) is 0 Å². The summed E-state index contributed by atoms with van der Waals surface area (Å²) in [6.45, 7) is 4.64. The van der Waals surface area contributed by atoms with Gasteiger partial charge in [-0.2, -0.15) is 0 Å². The van der Waals surface area contributed by atoms with Crippen LogP contribution in [0, 0.1) is 0 Å². The molecule has 0 saturated heterocycles. The van der Waals surface area contributed by atoms with Crippen molar-refractivity contribution in [2.45, 2.75) is 6.92 Å². The van der Waals surface area contributed by atoms with E-state index in [1.165, 1.54) is 31.2 Å². The minimum absolute atomic E-state index is 0.0833. The Balaban J connectivity index is 0.000000487. The quantitative estimate of drug-likeness (QED) is 0.669. The van der Waals surface area contributed by atoms with E-state index in [0.717, 1.165) is 0 Å². The van der Waals surface area contributed by atoms with Gasteiger partial charge in [0.2, 0.25) is 0 Å². The smallest absolute Gasteiger partial charge is 0.335 e. The van der Waals surface area contributed by atoms with Gasteiger partial charge in [0.25, 0.3) is 0 Å². The third-order valence-corrected chi connectivity index (χ3v) is 1.38. The van der Waals surface area contributed by atoms with Crippen LogP contribution in [-0.4, -0.2) is 27.3 Å². The van der Waals surface area contributed by atoms with Gasteiger partial charge in [-0.1, -0.05) is 6.58 Å². The summed E-state index contributed by atoms with van der Waals surface area (Å²) >= 11 is 0. The van der Waals surface area contributed by atoms with Gasteiger partial charge in [-0.3, -0.25) is 0 Å². The van der Waals surface area contributed by atoms with Crippen molar-refractivity contribution in [1.82, 2.24) is 0 Å². The lowest BCUT2D eigenvalue weighted by molar-refractivity contribution is 0.0681. The first kappa shape index (κ1) is 13.7. The van der Waals surface area contributed by atoms with Crippen molar-refractivity contribution in [2.24, 2.45) is 0 Å². The van der Waals surface area contributed by atoms with E-state index < -0.39 is 11.9 Å². The Hall–Kier alpha value is -2.30. The summed E-state index contributed by atoms with van der Waals surface area (Å²) in [4.78, 5) is 20.7. The average Bonchev–Trinajstić information content (AvgIpc) is 2.17. The summed E-state index contributed by atoms with van der Waals surface area (Å²) in [7, 11) is 0. The van der Waals surface area contributed by atoms with Gasteiger partial charge in [0.05, 0.1) is 16.9 Å². The molecule has 0 saturated carbocycles. The van der Waals surface area contributed by atoms with Crippen LogP contribution in [0.15, 0.2) is 36.6 Å². The van der Waals surface area contributed by atoms with Crippen molar-refractivity contribution in [1.29, 1.82) is 0 Å². The molecule has 3 N–H and O–H groups in total. The Kier molecular flexibility index (Phi) is 5.34. The van der Waals surface area contributed by atoms with Crippen molar-refractivity contribution in [3.05, 3.63) is 47.7 Å². The van der Waals surface area contributed by atoms with E-state index in [4.69, 9.17) is 15.3 Å². The predicted octanol–water partition coefficient (Wildman–Crippen LogP) is 2.16. The van der Waals surface area contributed by atoms with Crippen molar-refractivity contribution in [3.8, 4) is 0 Å². The average molecular weight is 224 g/mol. The van der Waals surface area contributed by atoms with Crippen molar-refractivity contribution in [3.63, 3.8) is 0 Å². The molecule has 1 aromatic carbocycles. The molecule has 0 atom stereocenters. The molecule has 0 fully saturated rings. The van der Waals surface area contributed by atoms with E-state index in [1.807, 2.05) is 0 Å². The highest BCUT2D eigenvalue weighted by Crippen LogP contribution is 2.03. The maximum atomic E-state index is 10.3. The maximum Gasteiger partial charge on any atom is 0.335 e. The molecule has 0 bridgehead atoms. The number of hydrogen-bond donors (Lipinski definition) is 3. The number of hydrogen-bond acceptors (Lipinski definition) is 3. The van der Waals surface area contributed by atoms with E-state index in [1.54, 1.807) is 0 Å². The lowest BCUT2D eigenvalue weighted by atomic mass is 10.1. The molecule has 0 spiro atoms. The van der Waals surface area contributed by atoms with Gasteiger partial charge >= 0.3 is 11.9 Å². The number of carboxylic acids is 2. The number of carboxylic acid groups (broad SMARTS) is 2. The Morgan fingerprint density at radius 3 is 1.25 bits per heavy atom. The summed E-state index contributed by atoms with van der Waals surface area (Å²) in [6, 6.07) is 5.02. The Bertz CT molecular complexity index is 354. The van der Waals surface area contributed by atoms with Crippen LogP contribution in [0.1, 0.15) is 27.6 Å². The zero-order valence-corrected chi connectivity index (χ0v) is 8.67. The molecule has 1 rings (SSSR count). The molecule has 86 valence electrons. The van der Waals surface area contributed by atoms with Gasteiger partial charge in [0, 0.05) is 0 Å². The molecule has 0 aliphatic carbocycles. The van der Waals surface area contributed by atoms with Gasteiger partial charge in [-0.05, 0) is 31.2 Å². The van der Waals surface area contributed by atoms with Crippen LogP contribution in [0.4, 0.5) is 0 Å². The Morgan fingerprint density at radius 2 is 1.12 bits per heavy atom. The zero-order valence-electron chi connectivity index (χ0n) is 8.67. The van der Waals surface area contributed by atoms with E-state index in [2.05, 4.69) is 6.58 Å².